The smallest absolute Gasteiger partial charge is 0.221 e. The van der Waals surface area contributed by atoms with Crippen LogP contribution in [0.2, 0.25) is 0 Å². The minimum atomic E-state index is -0.0788. The molecule has 0 aromatic heterocycles. The van der Waals surface area contributed by atoms with Crippen LogP contribution in [0.1, 0.15) is 30.9 Å². The molecule has 1 heterocycles. The van der Waals surface area contributed by atoms with Crippen LogP contribution in [0.15, 0.2) is 23.1 Å². The van der Waals surface area contributed by atoms with Crippen LogP contribution in [0.4, 0.5) is 0 Å². The SMILES string of the molecule is CC(N)CC(=O)NCc1ccc2c(c1)CCCS2. The summed E-state index contributed by atoms with van der Waals surface area (Å²) in [6.07, 6.45) is 2.79. The highest BCUT2D eigenvalue weighted by Gasteiger charge is 2.10. The number of fused-ring (bicyclic) bond motifs is 1. The van der Waals surface area contributed by atoms with Crippen molar-refractivity contribution in [1.82, 2.24) is 5.32 Å². The maximum Gasteiger partial charge on any atom is 0.221 e. The van der Waals surface area contributed by atoms with Gasteiger partial charge in [0.1, 0.15) is 0 Å². The van der Waals surface area contributed by atoms with Crippen LogP contribution in [0.5, 0.6) is 0 Å². The fourth-order valence-electron chi connectivity index (χ4n) is 2.09. The molecule has 0 aliphatic carbocycles. The second-order valence-corrected chi connectivity index (χ2v) is 5.99. The van der Waals surface area contributed by atoms with Gasteiger partial charge in [0.25, 0.3) is 0 Å². The average Bonchev–Trinajstić information content (AvgIpc) is 2.35. The van der Waals surface area contributed by atoms with Gasteiger partial charge in [0.05, 0.1) is 0 Å². The lowest BCUT2D eigenvalue weighted by molar-refractivity contribution is -0.121. The minimum absolute atomic E-state index is 0.0251. The van der Waals surface area contributed by atoms with Crippen molar-refractivity contribution >= 4 is 17.7 Å². The molecule has 98 valence electrons. The molecule has 1 atom stereocenters. The second kappa shape index (κ2) is 6.25. The van der Waals surface area contributed by atoms with Gasteiger partial charge in [-0.25, -0.2) is 0 Å². The van der Waals surface area contributed by atoms with E-state index in [9.17, 15) is 4.79 Å². The Morgan fingerprint density at radius 1 is 1.56 bits per heavy atom. The molecule has 1 aliphatic heterocycles. The van der Waals surface area contributed by atoms with Crippen LogP contribution in [0.3, 0.4) is 0 Å². The molecule has 3 N–H and O–H groups in total. The van der Waals surface area contributed by atoms with E-state index in [1.54, 1.807) is 0 Å². The Balaban J connectivity index is 1.92. The third-order valence-electron chi connectivity index (χ3n) is 2.97. The molecule has 0 fully saturated rings. The van der Waals surface area contributed by atoms with Gasteiger partial charge >= 0.3 is 0 Å². The summed E-state index contributed by atoms with van der Waals surface area (Å²) in [4.78, 5) is 12.9. The van der Waals surface area contributed by atoms with E-state index in [1.807, 2.05) is 18.7 Å². The number of nitrogens with one attached hydrogen (secondary N) is 1. The summed E-state index contributed by atoms with van der Waals surface area (Å²) in [6.45, 7) is 2.44. The molecule has 1 aliphatic rings. The van der Waals surface area contributed by atoms with Gasteiger partial charge < -0.3 is 11.1 Å². The first-order valence-corrected chi connectivity index (χ1v) is 7.40. The molecule has 2 rings (SSSR count). The van der Waals surface area contributed by atoms with Crippen LogP contribution < -0.4 is 11.1 Å². The first-order chi connectivity index (χ1) is 8.65. The fraction of sp³-hybridized carbons (Fsp3) is 0.500. The quantitative estimate of drug-likeness (QED) is 0.875. The third-order valence-corrected chi connectivity index (χ3v) is 4.17. The van der Waals surface area contributed by atoms with Crippen molar-refractivity contribution in [2.75, 3.05) is 5.75 Å². The summed E-state index contributed by atoms with van der Waals surface area (Å²) in [7, 11) is 0. The number of hydrogen-bond donors (Lipinski definition) is 2. The summed E-state index contributed by atoms with van der Waals surface area (Å²) in [5.74, 6) is 1.24. The summed E-state index contributed by atoms with van der Waals surface area (Å²) < 4.78 is 0. The van der Waals surface area contributed by atoms with E-state index in [4.69, 9.17) is 5.73 Å². The van der Waals surface area contributed by atoms with E-state index < -0.39 is 0 Å². The zero-order valence-electron chi connectivity index (χ0n) is 10.7. The highest BCUT2D eigenvalue weighted by molar-refractivity contribution is 7.99. The lowest BCUT2D eigenvalue weighted by Gasteiger charge is -2.16. The summed E-state index contributed by atoms with van der Waals surface area (Å²) in [5, 5.41) is 2.91. The van der Waals surface area contributed by atoms with Crippen molar-refractivity contribution in [3.63, 3.8) is 0 Å². The Labute approximate surface area is 113 Å². The van der Waals surface area contributed by atoms with Gasteiger partial charge in [-0.15, -0.1) is 11.8 Å². The standard InChI is InChI=1S/C14H20N2OS/c1-10(15)7-14(17)16-9-11-4-5-13-12(8-11)3-2-6-18-13/h4-5,8,10H,2-3,6-7,9,15H2,1H3,(H,16,17). The topological polar surface area (TPSA) is 55.1 Å². The van der Waals surface area contributed by atoms with E-state index >= 15 is 0 Å². The van der Waals surface area contributed by atoms with Crippen LogP contribution >= 0.6 is 11.8 Å². The number of aryl methyl sites for hydroxylation is 1. The van der Waals surface area contributed by atoms with Gasteiger partial charge in [0.2, 0.25) is 5.91 Å². The Morgan fingerprint density at radius 2 is 2.39 bits per heavy atom. The maximum atomic E-state index is 11.5. The Morgan fingerprint density at radius 3 is 3.17 bits per heavy atom. The molecule has 0 spiro atoms. The summed E-state index contributed by atoms with van der Waals surface area (Å²) >= 11 is 1.93. The van der Waals surface area contributed by atoms with Gasteiger partial charge in [-0.2, -0.15) is 0 Å². The summed E-state index contributed by atoms with van der Waals surface area (Å²) in [5.41, 5.74) is 8.19. The molecule has 0 radical (unpaired) electrons. The lowest BCUT2D eigenvalue weighted by Crippen LogP contribution is -2.29. The number of amides is 1. The number of hydrogen-bond acceptors (Lipinski definition) is 3. The second-order valence-electron chi connectivity index (χ2n) is 4.85. The van der Waals surface area contributed by atoms with Gasteiger partial charge in [-0.1, -0.05) is 12.1 Å². The van der Waals surface area contributed by atoms with Crippen LogP contribution in [-0.2, 0) is 17.8 Å². The van der Waals surface area contributed by atoms with E-state index in [-0.39, 0.29) is 11.9 Å². The first kappa shape index (κ1) is 13.4. The van der Waals surface area contributed by atoms with Crippen molar-refractivity contribution < 1.29 is 4.79 Å². The summed E-state index contributed by atoms with van der Waals surface area (Å²) in [6, 6.07) is 6.41. The van der Waals surface area contributed by atoms with Crippen molar-refractivity contribution in [3.05, 3.63) is 29.3 Å². The number of carbonyl (C=O) groups is 1. The highest BCUT2D eigenvalue weighted by atomic mass is 32.2. The average molecular weight is 264 g/mol. The molecule has 1 amide bonds. The number of benzene rings is 1. The first-order valence-electron chi connectivity index (χ1n) is 6.42. The van der Waals surface area contributed by atoms with Gasteiger partial charge in [0, 0.05) is 23.9 Å². The molecule has 18 heavy (non-hydrogen) atoms. The minimum Gasteiger partial charge on any atom is -0.352 e. The lowest BCUT2D eigenvalue weighted by atomic mass is 10.1. The third kappa shape index (κ3) is 3.75. The Kier molecular flexibility index (Phi) is 4.66. The van der Waals surface area contributed by atoms with Gasteiger partial charge in [-0.3, -0.25) is 4.79 Å². The fourth-order valence-corrected chi connectivity index (χ4v) is 3.11. The van der Waals surface area contributed by atoms with E-state index in [0.29, 0.717) is 13.0 Å². The largest absolute Gasteiger partial charge is 0.352 e. The van der Waals surface area contributed by atoms with Crippen LogP contribution in [-0.4, -0.2) is 17.7 Å². The molecule has 4 heteroatoms. The molecular formula is C14H20N2OS. The van der Waals surface area contributed by atoms with Crippen LogP contribution in [0, 0.1) is 0 Å². The molecule has 3 nitrogen and oxygen atoms in total. The van der Waals surface area contributed by atoms with Crippen molar-refractivity contribution in [3.8, 4) is 0 Å². The molecule has 0 saturated carbocycles. The predicted molar refractivity (Wildman–Crippen MR) is 75.6 cm³/mol. The Bertz CT molecular complexity index is 432. The highest BCUT2D eigenvalue weighted by Crippen LogP contribution is 2.30. The number of thioether (sulfide) groups is 1. The molecule has 1 aromatic rings. The molecule has 1 aromatic carbocycles. The monoisotopic (exact) mass is 264 g/mol. The molecule has 1 unspecified atom stereocenters. The van der Waals surface area contributed by atoms with Crippen molar-refractivity contribution in [1.29, 1.82) is 0 Å². The zero-order chi connectivity index (χ0) is 13.0. The van der Waals surface area contributed by atoms with Crippen molar-refractivity contribution in [2.45, 2.75) is 43.7 Å². The maximum absolute atomic E-state index is 11.5. The molecule has 0 saturated heterocycles. The zero-order valence-corrected chi connectivity index (χ0v) is 11.6. The number of nitrogens with two attached hydrogens (primary N) is 1. The molecular weight excluding hydrogens is 244 g/mol. The number of carbonyl (C=O) groups excluding carboxylic acids is 1. The molecule has 0 bridgehead atoms. The normalized spacial score (nSPS) is 15.9. The van der Waals surface area contributed by atoms with Gasteiger partial charge in [0.15, 0.2) is 0 Å². The van der Waals surface area contributed by atoms with E-state index in [0.717, 1.165) is 6.42 Å². The van der Waals surface area contributed by atoms with E-state index in [1.165, 1.54) is 28.2 Å². The van der Waals surface area contributed by atoms with E-state index in [2.05, 4.69) is 23.5 Å². The number of rotatable bonds is 4. The Hall–Kier alpha value is -1.00. The van der Waals surface area contributed by atoms with Crippen molar-refractivity contribution in [2.24, 2.45) is 5.73 Å². The van der Waals surface area contributed by atoms with Gasteiger partial charge in [-0.05, 0) is 42.7 Å². The predicted octanol–water partition coefficient (Wildman–Crippen LogP) is 2.08. The van der Waals surface area contributed by atoms with Crippen LogP contribution in [0.25, 0.3) is 0 Å².